The van der Waals surface area contributed by atoms with Crippen molar-refractivity contribution in [3.05, 3.63) is 29.0 Å². The van der Waals surface area contributed by atoms with Crippen LogP contribution in [0.15, 0.2) is 18.2 Å². The Balaban J connectivity index is 1.18. The fourth-order valence-electron chi connectivity index (χ4n) is 4.54. The van der Waals surface area contributed by atoms with Gasteiger partial charge in [-0.1, -0.05) is 11.6 Å². The molecule has 1 aromatic carbocycles. The number of nitrogens with one attached hydrogen (secondary N) is 3. The largest absolute Gasteiger partial charge is 0.484 e. The van der Waals surface area contributed by atoms with Crippen LogP contribution < -0.4 is 20.7 Å². The van der Waals surface area contributed by atoms with Crippen molar-refractivity contribution in [2.45, 2.75) is 30.8 Å². The molecule has 152 valence electrons. The van der Waals surface area contributed by atoms with E-state index in [9.17, 15) is 14.0 Å². The third-order valence-electron chi connectivity index (χ3n) is 5.87. The highest BCUT2D eigenvalue weighted by Gasteiger charge is 2.72. The Labute approximate surface area is 167 Å². The molecule has 3 N–H and O–H groups in total. The van der Waals surface area contributed by atoms with Crippen molar-refractivity contribution in [1.29, 1.82) is 0 Å². The fourth-order valence-corrected chi connectivity index (χ4v) is 4.66. The van der Waals surface area contributed by atoms with Gasteiger partial charge in [-0.2, -0.15) is 0 Å². The zero-order chi connectivity index (χ0) is 19.9. The Bertz CT molecular complexity index is 786. The summed E-state index contributed by atoms with van der Waals surface area (Å²) in [4.78, 5) is 26.8. The summed E-state index contributed by atoms with van der Waals surface area (Å²) in [6.45, 7) is 2.18. The minimum atomic E-state index is -0.591. The molecule has 0 aromatic heterocycles. The van der Waals surface area contributed by atoms with Crippen LogP contribution in [-0.4, -0.2) is 61.7 Å². The normalized spacial score (nSPS) is 30.9. The first-order valence-electron chi connectivity index (χ1n) is 9.38. The van der Waals surface area contributed by atoms with Crippen LogP contribution in [0.2, 0.25) is 5.02 Å². The van der Waals surface area contributed by atoms with E-state index < -0.39 is 5.82 Å². The Hall–Kier alpha value is -1.90. The molecule has 1 saturated heterocycles. The highest BCUT2D eigenvalue weighted by atomic mass is 35.5. The number of carbonyl (C=O) groups excluding carboxylic acids is 2. The number of rotatable bonds is 7. The van der Waals surface area contributed by atoms with Gasteiger partial charge in [0.05, 0.1) is 10.4 Å². The third kappa shape index (κ3) is 3.68. The topological polar surface area (TPSA) is 82.7 Å². The van der Waals surface area contributed by atoms with E-state index in [0.29, 0.717) is 25.8 Å². The second-order valence-corrected chi connectivity index (χ2v) is 8.72. The maximum atomic E-state index is 13.4. The summed E-state index contributed by atoms with van der Waals surface area (Å²) in [5.74, 6) is -0.543. The van der Waals surface area contributed by atoms with Gasteiger partial charge in [0.15, 0.2) is 6.61 Å². The second kappa shape index (κ2) is 7.17. The number of benzene rings is 1. The molecule has 1 aromatic rings. The Morgan fingerprint density at radius 3 is 2.79 bits per heavy atom. The maximum Gasteiger partial charge on any atom is 0.258 e. The third-order valence-corrected chi connectivity index (χ3v) is 6.18. The van der Waals surface area contributed by atoms with Crippen molar-refractivity contribution in [1.82, 2.24) is 20.9 Å². The van der Waals surface area contributed by atoms with E-state index in [2.05, 4.69) is 20.9 Å². The maximum absolute atomic E-state index is 13.4. The summed E-state index contributed by atoms with van der Waals surface area (Å²) >= 11 is 5.62. The van der Waals surface area contributed by atoms with E-state index in [1.54, 1.807) is 0 Å². The summed E-state index contributed by atoms with van der Waals surface area (Å²) in [6.07, 6.45) is 1.97. The zero-order valence-corrected chi connectivity index (χ0v) is 16.4. The summed E-state index contributed by atoms with van der Waals surface area (Å²) in [5.41, 5.74) is -0.632. The van der Waals surface area contributed by atoms with Gasteiger partial charge in [-0.3, -0.25) is 19.8 Å². The molecule has 4 aliphatic rings. The molecule has 1 unspecified atom stereocenters. The number of likely N-dealkylation sites (N-methyl/N-ethyl adjacent to an activating group) is 1. The lowest BCUT2D eigenvalue weighted by atomic mass is 9.39. The van der Waals surface area contributed by atoms with E-state index >= 15 is 0 Å². The molecule has 1 atom stereocenters. The van der Waals surface area contributed by atoms with E-state index in [-0.39, 0.29) is 46.2 Å². The molecule has 9 heteroatoms. The SMILES string of the molecule is CN1CNC(CNC(=O)C23CC(NC(=O)COc4ccc(Cl)c(F)c4)(C2)C3)C1. The average molecular weight is 411 g/mol. The summed E-state index contributed by atoms with van der Waals surface area (Å²) in [5, 5.41) is 9.34. The molecule has 5 rings (SSSR count). The average Bonchev–Trinajstić information content (AvgIpc) is 3.01. The highest BCUT2D eigenvalue weighted by molar-refractivity contribution is 6.30. The van der Waals surface area contributed by atoms with Crippen molar-refractivity contribution in [2.24, 2.45) is 5.41 Å². The van der Waals surface area contributed by atoms with Gasteiger partial charge in [-0.05, 0) is 38.4 Å². The van der Waals surface area contributed by atoms with Crippen LogP contribution in [0.3, 0.4) is 0 Å². The molecule has 0 spiro atoms. The quantitative estimate of drug-likeness (QED) is 0.621. The molecular formula is C19H24ClFN4O3. The van der Waals surface area contributed by atoms with E-state index in [1.807, 2.05) is 7.05 Å². The fraction of sp³-hybridized carbons (Fsp3) is 0.579. The zero-order valence-electron chi connectivity index (χ0n) is 15.7. The van der Waals surface area contributed by atoms with Crippen molar-refractivity contribution < 1.29 is 18.7 Å². The van der Waals surface area contributed by atoms with Crippen molar-refractivity contribution in [3.63, 3.8) is 0 Å². The molecule has 2 amide bonds. The molecule has 7 nitrogen and oxygen atoms in total. The second-order valence-electron chi connectivity index (χ2n) is 8.31. The van der Waals surface area contributed by atoms with Gasteiger partial charge in [0.1, 0.15) is 11.6 Å². The molecule has 28 heavy (non-hydrogen) atoms. The van der Waals surface area contributed by atoms with Crippen LogP contribution in [0, 0.1) is 11.2 Å². The monoisotopic (exact) mass is 410 g/mol. The molecule has 3 saturated carbocycles. The Morgan fingerprint density at radius 2 is 2.14 bits per heavy atom. The van der Waals surface area contributed by atoms with Gasteiger partial charge in [0, 0.05) is 37.4 Å². The number of halogens is 2. The Morgan fingerprint density at radius 1 is 1.39 bits per heavy atom. The van der Waals surface area contributed by atoms with Gasteiger partial charge in [-0.15, -0.1) is 0 Å². The molecule has 1 aliphatic heterocycles. The predicted molar refractivity (Wildman–Crippen MR) is 101 cm³/mol. The Kier molecular flexibility index (Phi) is 4.97. The number of amides is 2. The molecule has 0 radical (unpaired) electrons. The van der Waals surface area contributed by atoms with Gasteiger partial charge in [0.25, 0.3) is 5.91 Å². The van der Waals surface area contributed by atoms with Crippen molar-refractivity contribution in [2.75, 3.05) is 33.4 Å². The molecule has 3 aliphatic carbocycles. The highest BCUT2D eigenvalue weighted by Crippen LogP contribution is 2.67. The molecule has 4 fully saturated rings. The van der Waals surface area contributed by atoms with Gasteiger partial charge in [-0.25, -0.2) is 4.39 Å². The van der Waals surface area contributed by atoms with Crippen LogP contribution in [0.25, 0.3) is 0 Å². The number of hydrogen-bond acceptors (Lipinski definition) is 5. The van der Waals surface area contributed by atoms with Crippen LogP contribution in [0.4, 0.5) is 4.39 Å². The first-order valence-corrected chi connectivity index (χ1v) is 9.76. The van der Waals surface area contributed by atoms with Gasteiger partial charge in [0.2, 0.25) is 5.91 Å². The van der Waals surface area contributed by atoms with Crippen LogP contribution >= 0.6 is 11.6 Å². The van der Waals surface area contributed by atoms with Gasteiger partial charge < -0.3 is 15.4 Å². The minimum Gasteiger partial charge on any atom is -0.484 e. The number of hydrogen-bond donors (Lipinski definition) is 3. The number of nitrogens with zero attached hydrogens (tertiary/aromatic N) is 1. The van der Waals surface area contributed by atoms with Crippen LogP contribution in [0.5, 0.6) is 5.75 Å². The van der Waals surface area contributed by atoms with Crippen molar-refractivity contribution >= 4 is 23.4 Å². The lowest BCUT2D eigenvalue weighted by Gasteiger charge is -2.69. The summed E-state index contributed by atoms with van der Waals surface area (Å²) < 4.78 is 18.7. The van der Waals surface area contributed by atoms with E-state index in [1.165, 1.54) is 12.1 Å². The first kappa shape index (κ1) is 19.4. The van der Waals surface area contributed by atoms with Crippen LogP contribution in [-0.2, 0) is 9.59 Å². The lowest BCUT2D eigenvalue weighted by molar-refractivity contribution is -0.184. The molecule has 2 bridgehead atoms. The van der Waals surface area contributed by atoms with Crippen LogP contribution in [0.1, 0.15) is 19.3 Å². The predicted octanol–water partition coefficient (Wildman–Crippen LogP) is 0.874. The lowest BCUT2D eigenvalue weighted by Crippen LogP contribution is -2.78. The number of ether oxygens (including phenoxy) is 1. The smallest absolute Gasteiger partial charge is 0.258 e. The standard InChI is InChI=1S/C19H24ClFN4O3/c1-25-6-12(23-11-25)5-22-17(27)18-8-19(9-18,10-18)24-16(26)7-28-13-2-3-14(20)15(21)4-13/h2-4,12,23H,5-11H2,1H3,(H,22,27)(H,24,26). The summed E-state index contributed by atoms with van der Waals surface area (Å²) in [7, 11) is 2.04. The van der Waals surface area contributed by atoms with E-state index in [4.69, 9.17) is 16.3 Å². The van der Waals surface area contributed by atoms with Crippen molar-refractivity contribution in [3.8, 4) is 5.75 Å². The van der Waals surface area contributed by atoms with Gasteiger partial charge >= 0.3 is 0 Å². The summed E-state index contributed by atoms with van der Waals surface area (Å²) in [6, 6.07) is 4.32. The molecule has 1 heterocycles. The van der Waals surface area contributed by atoms with E-state index in [0.717, 1.165) is 19.3 Å². The minimum absolute atomic E-state index is 0.00461. The first-order chi connectivity index (χ1) is 13.3. The number of carbonyl (C=O) groups is 2. The molecular weight excluding hydrogens is 387 g/mol.